The Bertz CT molecular complexity index is 534. The molecule has 0 radical (unpaired) electrons. The van der Waals surface area contributed by atoms with Crippen LogP contribution >= 0.6 is 0 Å². The summed E-state index contributed by atoms with van der Waals surface area (Å²) < 4.78 is 0. The molecule has 1 aromatic heterocycles. The molecule has 0 aliphatic carbocycles. The number of nitrogens with zero attached hydrogens (tertiary/aromatic N) is 1. The molecule has 0 bridgehead atoms. The number of carbonyl (C=O) groups excluding carboxylic acids is 1. The molecule has 106 valence electrons. The number of hydrogen-bond acceptors (Lipinski definition) is 3. The third kappa shape index (κ3) is 3.68. The summed E-state index contributed by atoms with van der Waals surface area (Å²) in [7, 11) is 0. The number of benzene rings is 1. The fourth-order valence-electron chi connectivity index (χ4n) is 1.94. The van der Waals surface area contributed by atoms with Gasteiger partial charge in [0.2, 0.25) is 5.91 Å². The highest BCUT2D eigenvalue weighted by atomic mass is 16.2. The van der Waals surface area contributed by atoms with Crippen LogP contribution in [0.5, 0.6) is 0 Å². The van der Waals surface area contributed by atoms with Gasteiger partial charge in [0.15, 0.2) is 0 Å². The number of anilines is 1. The Balaban J connectivity index is 1.95. The molecule has 1 amide bonds. The summed E-state index contributed by atoms with van der Waals surface area (Å²) in [5, 5.41) is 9.64. The highest BCUT2D eigenvalue weighted by Gasteiger charge is 2.12. The quantitative estimate of drug-likeness (QED) is 0.755. The van der Waals surface area contributed by atoms with Crippen molar-refractivity contribution in [2.75, 3.05) is 5.32 Å². The van der Waals surface area contributed by atoms with Crippen LogP contribution in [0, 0.1) is 0 Å². The highest BCUT2D eigenvalue weighted by Crippen LogP contribution is 2.19. The van der Waals surface area contributed by atoms with Crippen molar-refractivity contribution < 1.29 is 4.79 Å². The van der Waals surface area contributed by atoms with Gasteiger partial charge in [-0.2, -0.15) is 5.10 Å². The highest BCUT2D eigenvalue weighted by molar-refractivity contribution is 5.94. The van der Waals surface area contributed by atoms with Gasteiger partial charge in [0.1, 0.15) is 0 Å². The SMILES string of the molecule is CCCCC(N)C(=O)Nc1ccc(-c2ccn[nH]2)cc1. The predicted octanol–water partition coefficient (Wildman–Crippen LogP) is 2.53. The third-order valence-electron chi connectivity index (χ3n) is 3.17. The number of carbonyl (C=O) groups is 1. The van der Waals surface area contributed by atoms with E-state index in [-0.39, 0.29) is 5.91 Å². The largest absolute Gasteiger partial charge is 0.325 e. The first kappa shape index (κ1) is 14.3. The predicted molar refractivity (Wildman–Crippen MR) is 80.2 cm³/mol. The van der Waals surface area contributed by atoms with Gasteiger partial charge in [-0.15, -0.1) is 0 Å². The first-order chi connectivity index (χ1) is 9.70. The van der Waals surface area contributed by atoms with Crippen molar-refractivity contribution in [3.63, 3.8) is 0 Å². The first-order valence-corrected chi connectivity index (χ1v) is 6.87. The number of hydrogen-bond donors (Lipinski definition) is 3. The number of nitrogens with two attached hydrogens (primary N) is 1. The number of rotatable bonds is 6. The monoisotopic (exact) mass is 272 g/mol. The molecule has 0 aliphatic rings. The number of amides is 1. The first-order valence-electron chi connectivity index (χ1n) is 6.87. The van der Waals surface area contributed by atoms with E-state index >= 15 is 0 Å². The molecule has 1 heterocycles. The summed E-state index contributed by atoms with van der Waals surface area (Å²) in [5.41, 5.74) is 8.56. The van der Waals surface area contributed by atoms with Gasteiger partial charge in [0.05, 0.1) is 11.7 Å². The Hall–Kier alpha value is -2.14. The molecular weight excluding hydrogens is 252 g/mol. The van der Waals surface area contributed by atoms with Gasteiger partial charge in [-0.3, -0.25) is 9.89 Å². The summed E-state index contributed by atoms with van der Waals surface area (Å²) in [6, 6.07) is 9.04. The van der Waals surface area contributed by atoms with E-state index in [2.05, 4.69) is 22.4 Å². The molecule has 1 atom stereocenters. The van der Waals surface area contributed by atoms with Gasteiger partial charge < -0.3 is 11.1 Å². The molecule has 4 N–H and O–H groups in total. The van der Waals surface area contributed by atoms with Crippen LogP contribution in [0.1, 0.15) is 26.2 Å². The molecule has 5 heteroatoms. The molecule has 0 aliphatic heterocycles. The maximum atomic E-state index is 11.9. The van der Waals surface area contributed by atoms with Crippen LogP contribution in [0.2, 0.25) is 0 Å². The maximum absolute atomic E-state index is 11.9. The summed E-state index contributed by atoms with van der Waals surface area (Å²) in [4.78, 5) is 11.9. The van der Waals surface area contributed by atoms with Crippen LogP contribution < -0.4 is 11.1 Å². The van der Waals surface area contributed by atoms with Gasteiger partial charge in [-0.25, -0.2) is 0 Å². The van der Waals surface area contributed by atoms with Crippen LogP contribution in [0.25, 0.3) is 11.3 Å². The lowest BCUT2D eigenvalue weighted by molar-refractivity contribution is -0.117. The summed E-state index contributed by atoms with van der Waals surface area (Å²) in [6.07, 6.45) is 4.43. The Morgan fingerprint density at radius 2 is 2.10 bits per heavy atom. The Morgan fingerprint density at radius 1 is 1.35 bits per heavy atom. The van der Waals surface area contributed by atoms with Crippen LogP contribution in [0.4, 0.5) is 5.69 Å². The van der Waals surface area contributed by atoms with Gasteiger partial charge in [-0.05, 0) is 30.2 Å². The molecule has 2 rings (SSSR count). The van der Waals surface area contributed by atoms with Crippen molar-refractivity contribution in [2.45, 2.75) is 32.2 Å². The Labute approximate surface area is 118 Å². The summed E-state index contributed by atoms with van der Waals surface area (Å²) >= 11 is 0. The summed E-state index contributed by atoms with van der Waals surface area (Å²) in [5.74, 6) is -0.132. The van der Waals surface area contributed by atoms with Crippen molar-refractivity contribution in [3.05, 3.63) is 36.5 Å². The average Bonchev–Trinajstić information content (AvgIpc) is 2.99. The zero-order valence-electron chi connectivity index (χ0n) is 11.6. The minimum Gasteiger partial charge on any atom is -0.325 e. The zero-order chi connectivity index (χ0) is 14.4. The fraction of sp³-hybridized carbons (Fsp3) is 0.333. The van der Waals surface area contributed by atoms with E-state index in [0.29, 0.717) is 6.42 Å². The molecule has 0 fully saturated rings. The number of unbranched alkanes of at least 4 members (excludes halogenated alkanes) is 1. The number of nitrogens with one attached hydrogen (secondary N) is 2. The normalized spacial score (nSPS) is 12.1. The third-order valence-corrected chi connectivity index (χ3v) is 3.17. The van der Waals surface area contributed by atoms with E-state index in [0.717, 1.165) is 29.8 Å². The molecular formula is C15H20N4O. The van der Waals surface area contributed by atoms with E-state index in [1.54, 1.807) is 6.20 Å². The molecule has 20 heavy (non-hydrogen) atoms. The minimum atomic E-state index is -0.442. The lowest BCUT2D eigenvalue weighted by atomic mass is 10.1. The molecule has 1 unspecified atom stereocenters. The van der Waals surface area contributed by atoms with Gasteiger partial charge in [-0.1, -0.05) is 31.9 Å². The zero-order valence-corrected chi connectivity index (χ0v) is 11.6. The van der Waals surface area contributed by atoms with E-state index in [1.165, 1.54) is 0 Å². The van der Waals surface area contributed by atoms with Crippen LogP contribution in [0.15, 0.2) is 36.5 Å². The second-order valence-corrected chi connectivity index (χ2v) is 4.79. The standard InChI is InChI=1S/C15H20N4O/c1-2-3-4-13(16)15(20)18-12-7-5-11(6-8-12)14-9-10-17-19-14/h5-10,13H,2-4,16H2,1H3,(H,17,19)(H,18,20). The van der Waals surface area contributed by atoms with E-state index in [4.69, 9.17) is 5.73 Å². The van der Waals surface area contributed by atoms with Gasteiger partial charge in [0, 0.05) is 11.9 Å². The minimum absolute atomic E-state index is 0.132. The number of H-pyrrole nitrogens is 1. The van der Waals surface area contributed by atoms with Crippen molar-refractivity contribution in [3.8, 4) is 11.3 Å². The molecule has 1 aromatic carbocycles. The summed E-state index contributed by atoms with van der Waals surface area (Å²) in [6.45, 7) is 2.08. The molecule has 0 saturated heterocycles. The van der Waals surface area contributed by atoms with Gasteiger partial charge in [0.25, 0.3) is 0 Å². The van der Waals surface area contributed by atoms with Crippen LogP contribution in [-0.4, -0.2) is 22.1 Å². The Morgan fingerprint density at radius 3 is 2.70 bits per heavy atom. The molecule has 5 nitrogen and oxygen atoms in total. The molecule has 2 aromatic rings. The van der Waals surface area contributed by atoms with Crippen molar-refractivity contribution >= 4 is 11.6 Å². The van der Waals surface area contributed by atoms with Crippen molar-refractivity contribution in [1.29, 1.82) is 0 Å². The van der Waals surface area contributed by atoms with Crippen molar-refractivity contribution in [2.24, 2.45) is 5.73 Å². The van der Waals surface area contributed by atoms with E-state index < -0.39 is 6.04 Å². The number of aromatic amines is 1. The molecule has 0 spiro atoms. The molecule has 0 saturated carbocycles. The number of aromatic nitrogens is 2. The average molecular weight is 272 g/mol. The van der Waals surface area contributed by atoms with E-state index in [9.17, 15) is 4.79 Å². The Kier molecular flexibility index (Phi) is 4.90. The van der Waals surface area contributed by atoms with Crippen LogP contribution in [0.3, 0.4) is 0 Å². The second-order valence-electron chi connectivity index (χ2n) is 4.79. The second kappa shape index (κ2) is 6.86. The topological polar surface area (TPSA) is 83.8 Å². The lowest BCUT2D eigenvalue weighted by Gasteiger charge is -2.12. The van der Waals surface area contributed by atoms with Crippen molar-refractivity contribution in [1.82, 2.24) is 10.2 Å². The van der Waals surface area contributed by atoms with Gasteiger partial charge >= 0.3 is 0 Å². The smallest absolute Gasteiger partial charge is 0.241 e. The van der Waals surface area contributed by atoms with E-state index in [1.807, 2.05) is 30.3 Å². The van der Waals surface area contributed by atoms with Crippen LogP contribution in [-0.2, 0) is 4.79 Å². The fourth-order valence-corrected chi connectivity index (χ4v) is 1.94. The lowest BCUT2D eigenvalue weighted by Crippen LogP contribution is -2.35. The maximum Gasteiger partial charge on any atom is 0.241 e.